The second kappa shape index (κ2) is 15.3. The molecule has 0 aliphatic carbocycles. The van der Waals surface area contributed by atoms with Gasteiger partial charge in [0.05, 0.1) is 0 Å². The molecule has 0 saturated carbocycles. The van der Waals surface area contributed by atoms with Crippen LogP contribution in [0.1, 0.15) is 37.8 Å². The molecule has 0 aliphatic heterocycles. The molecule has 0 atom stereocenters. The van der Waals surface area contributed by atoms with E-state index in [1.807, 2.05) is 0 Å². The molecule has 0 radical (unpaired) electrons. The molecule has 3 heteroatoms. The molecule has 2 aromatic rings. The largest absolute Gasteiger partial charge is 4.00 e. The molecule has 0 amide bonds. The maximum atomic E-state index is 2.20. The van der Waals surface area contributed by atoms with E-state index in [4.69, 9.17) is 0 Å². The number of aryl methyl sites for hydroxylation is 2. The summed E-state index contributed by atoms with van der Waals surface area (Å²) in [5, 5.41) is 0. The SMILES string of the molecule is CCC[c-]1cccc1.CCC[c-]1cccc1.[F-].[F-].[Ti+4]. The van der Waals surface area contributed by atoms with E-state index in [1.54, 1.807) is 0 Å². The van der Waals surface area contributed by atoms with Crippen molar-refractivity contribution in [2.75, 3.05) is 0 Å². The number of hydrogen-bond donors (Lipinski definition) is 0. The van der Waals surface area contributed by atoms with Gasteiger partial charge in [-0.3, -0.25) is 0 Å². The van der Waals surface area contributed by atoms with Crippen LogP contribution in [0, 0.1) is 0 Å². The van der Waals surface area contributed by atoms with Crippen molar-refractivity contribution in [2.45, 2.75) is 39.5 Å². The minimum atomic E-state index is 0. The van der Waals surface area contributed by atoms with Crippen LogP contribution >= 0.6 is 0 Å². The summed E-state index contributed by atoms with van der Waals surface area (Å²) in [6, 6.07) is 17.0. The fourth-order valence-electron chi connectivity index (χ4n) is 1.74. The number of hydrogen-bond acceptors (Lipinski definition) is 0. The van der Waals surface area contributed by atoms with Gasteiger partial charge in [-0.2, -0.15) is 35.4 Å². The zero-order valence-electron chi connectivity index (χ0n) is 11.7. The van der Waals surface area contributed by atoms with E-state index in [9.17, 15) is 0 Å². The Kier molecular flexibility index (Phi) is 18.9. The predicted molar refractivity (Wildman–Crippen MR) is 72.1 cm³/mol. The van der Waals surface area contributed by atoms with Gasteiger partial charge in [0.25, 0.3) is 0 Å². The van der Waals surface area contributed by atoms with Crippen molar-refractivity contribution < 1.29 is 31.1 Å². The minimum Gasteiger partial charge on any atom is -1.00 e. The van der Waals surface area contributed by atoms with Crippen LogP contribution < -0.4 is 9.41 Å². The van der Waals surface area contributed by atoms with E-state index >= 15 is 0 Å². The van der Waals surface area contributed by atoms with Crippen molar-refractivity contribution in [3.63, 3.8) is 0 Å². The van der Waals surface area contributed by atoms with E-state index in [0.717, 1.165) is 0 Å². The van der Waals surface area contributed by atoms with Gasteiger partial charge in [0.2, 0.25) is 0 Å². The summed E-state index contributed by atoms with van der Waals surface area (Å²) >= 11 is 0. The Morgan fingerprint density at radius 3 is 1.11 bits per heavy atom. The van der Waals surface area contributed by atoms with Gasteiger partial charge in [-0.1, -0.05) is 39.5 Å². The molecular weight excluding hydrogens is 278 g/mol. The zero-order chi connectivity index (χ0) is 11.6. The van der Waals surface area contributed by atoms with Crippen molar-refractivity contribution in [1.82, 2.24) is 0 Å². The van der Waals surface area contributed by atoms with E-state index in [1.165, 1.54) is 36.8 Å². The van der Waals surface area contributed by atoms with Crippen LogP contribution in [0.2, 0.25) is 0 Å². The van der Waals surface area contributed by atoms with Gasteiger partial charge in [-0.25, -0.2) is 24.3 Å². The third-order valence-electron chi connectivity index (χ3n) is 2.54. The van der Waals surface area contributed by atoms with E-state index < -0.39 is 0 Å². The van der Waals surface area contributed by atoms with Crippen molar-refractivity contribution in [3.05, 3.63) is 59.7 Å². The van der Waals surface area contributed by atoms with Gasteiger partial charge in [0, 0.05) is 0 Å². The fraction of sp³-hybridized carbons (Fsp3) is 0.375. The monoisotopic (exact) mass is 300 g/mol. The topological polar surface area (TPSA) is 0 Å². The zero-order valence-corrected chi connectivity index (χ0v) is 13.3. The summed E-state index contributed by atoms with van der Waals surface area (Å²) in [7, 11) is 0. The number of rotatable bonds is 4. The van der Waals surface area contributed by atoms with Crippen LogP contribution in [0.3, 0.4) is 0 Å². The summed E-state index contributed by atoms with van der Waals surface area (Å²) in [5.41, 5.74) is 2.93. The summed E-state index contributed by atoms with van der Waals surface area (Å²) in [6.45, 7) is 4.40. The predicted octanol–water partition coefficient (Wildman–Crippen LogP) is -1.28. The molecule has 2 rings (SSSR count). The molecule has 0 bridgehead atoms. The van der Waals surface area contributed by atoms with Gasteiger partial charge >= 0.3 is 21.7 Å². The van der Waals surface area contributed by atoms with E-state index in [-0.39, 0.29) is 31.1 Å². The molecule has 0 saturated heterocycles. The van der Waals surface area contributed by atoms with E-state index in [0.29, 0.717) is 0 Å². The van der Waals surface area contributed by atoms with Crippen molar-refractivity contribution >= 4 is 0 Å². The molecule has 0 spiro atoms. The third kappa shape index (κ3) is 10.8. The first-order chi connectivity index (χ1) is 7.86. The first-order valence-corrected chi connectivity index (χ1v) is 6.28. The van der Waals surface area contributed by atoms with Crippen LogP contribution in [0.15, 0.2) is 48.5 Å². The molecule has 0 fully saturated rings. The Morgan fingerprint density at radius 1 is 0.632 bits per heavy atom. The molecule has 19 heavy (non-hydrogen) atoms. The van der Waals surface area contributed by atoms with Crippen LogP contribution in [0.5, 0.6) is 0 Å². The minimum absolute atomic E-state index is 0. The van der Waals surface area contributed by atoms with Gasteiger partial charge in [-0.15, -0.1) is 0 Å². The molecule has 0 unspecified atom stereocenters. The maximum absolute atomic E-state index is 2.20. The summed E-state index contributed by atoms with van der Waals surface area (Å²) < 4.78 is 0. The molecular formula is C16H22F2Ti. The quantitative estimate of drug-likeness (QED) is 0.487. The molecule has 0 heterocycles. The molecule has 0 nitrogen and oxygen atoms in total. The smallest absolute Gasteiger partial charge is 1.00 e. The average Bonchev–Trinajstić information content (AvgIpc) is 2.92. The van der Waals surface area contributed by atoms with E-state index in [2.05, 4.69) is 62.4 Å². The molecule has 0 aliphatic rings. The number of halogens is 2. The molecule has 0 N–H and O–H groups in total. The summed E-state index contributed by atoms with van der Waals surface area (Å²) in [6.07, 6.45) is 4.97. The van der Waals surface area contributed by atoms with Crippen LogP contribution in [0.25, 0.3) is 0 Å². The van der Waals surface area contributed by atoms with Crippen LogP contribution in [0.4, 0.5) is 0 Å². The Morgan fingerprint density at radius 2 is 0.895 bits per heavy atom. The normalized spacial score (nSPS) is 8.11. The first kappa shape index (κ1) is 23.4. The second-order valence-electron chi connectivity index (χ2n) is 4.09. The Hall–Kier alpha value is -0.726. The van der Waals surface area contributed by atoms with Gasteiger partial charge in [0.1, 0.15) is 0 Å². The summed E-state index contributed by atoms with van der Waals surface area (Å²) in [4.78, 5) is 0. The van der Waals surface area contributed by atoms with Crippen LogP contribution in [-0.2, 0) is 34.6 Å². The molecule has 2 aromatic carbocycles. The Labute approximate surface area is 130 Å². The van der Waals surface area contributed by atoms with Crippen LogP contribution in [-0.4, -0.2) is 0 Å². The van der Waals surface area contributed by atoms with Crippen molar-refractivity contribution in [1.29, 1.82) is 0 Å². The van der Waals surface area contributed by atoms with Gasteiger partial charge in [0.15, 0.2) is 0 Å². The third-order valence-corrected chi connectivity index (χ3v) is 2.54. The molecule has 0 aromatic heterocycles. The Bertz CT molecular complexity index is 302. The standard InChI is InChI=1S/2C8H11.2FH.Ti/c2*1-2-5-8-6-3-4-7-8;;;/h2*3-4,6-7H,2,5H2,1H3;2*1H;/q2*-1;;;+4/p-2. The second-order valence-corrected chi connectivity index (χ2v) is 4.09. The first-order valence-electron chi connectivity index (χ1n) is 6.28. The van der Waals surface area contributed by atoms with Crippen molar-refractivity contribution in [3.8, 4) is 0 Å². The molecule has 104 valence electrons. The van der Waals surface area contributed by atoms with Crippen molar-refractivity contribution in [2.24, 2.45) is 0 Å². The van der Waals surface area contributed by atoms with Gasteiger partial charge < -0.3 is 9.41 Å². The van der Waals surface area contributed by atoms with Gasteiger partial charge in [-0.05, 0) is 0 Å². The fourth-order valence-corrected chi connectivity index (χ4v) is 1.74. The summed E-state index contributed by atoms with van der Waals surface area (Å²) in [5.74, 6) is 0. The Balaban J connectivity index is -0.000000233. The average molecular weight is 300 g/mol. The maximum Gasteiger partial charge on any atom is 4.00 e.